The van der Waals surface area contributed by atoms with Crippen molar-refractivity contribution < 1.29 is 4.79 Å². The first-order chi connectivity index (χ1) is 9.63. The molecule has 3 N–H and O–H groups in total. The number of hydrogen-bond acceptors (Lipinski definition) is 2. The molecular formula is C15H18N4O. The molecule has 1 aromatic heterocycles. The third-order valence-corrected chi connectivity index (χ3v) is 3.67. The van der Waals surface area contributed by atoms with E-state index < -0.39 is 0 Å². The number of hydrogen-bond donors (Lipinski definition) is 3. The third-order valence-electron chi connectivity index (χ3n) is 3.67. The molecular weight excluding hydrogens is 252 g/mol. The maximum atomic E-state index is 12.0. The Hall–Kier alpha value is -2.30. The highest BCUT2D eigenvalue weighted by molar-refractivity contribution is 6.00. The number of nitrogens with zero attached hydrogens (tertiary/aromatic N) is 1. The molecule has 0 unspecified atom stereocenters. The third kappa shape index (κ3) is 2.66. The first kappa shape index (κ1) is 12.7. The Kier molecular flexibility index (Phi) is 3.18. The van der Waals surface area contributed by atoms with Gasteiger partial charge in [-0.15, -0.1) is 0 Å². The normalized spacial score (nSPS) is 14.1. The topological polar surface area (TPSA) is 69.8 Å². The molecule has 1 aliphatic carbocycles. The summed E-state index contributed by atoms with van der Waals surface area (Å²) in [4.78, 5) is 12.0. The van der Waals surface area contributed by atoms with Crippen LogP contribution in [0.3, 0.4) is 0 Å². The lowest BCUT2D eigenvalue weighted by Crippen LogP contribution is -2.19. The zero-order valence-corrected chi connectivity index (χ0v) is 11.7. The molecule has 0 aliphatic heterocycles. The van der Waals surface area contributed by atoms with Crippen LogP contribution in [-0.2, 0) is 0 Å². The average Bonchev–Trinajstić information content (AvgIpc) is 3.15. The molecule has 2 aromatic rings. The van der Waals surface area contributed by atoms with Crippen LogP contribution in [0.2, 0.25) is 0 Å². The number of anilines is 2. The lowest BCUT2D eigenvalue weighted by molar-refractivity contribution is 0.262. The second-order valence-corrected chi connectivity index (χ2v) is 5.35. The highest BCUT2D eigenvalue weighted by atomic mass is 16.2. The number of H-pyrrole nitrogens is 1. The summed E-state index contributed by atoms with van der Waals surface area (Å²) in [5, 5.41) is 12.7. The Labute approximate surface area is 117 Å². The van der Waals surface area contributed by atoms with Crippen LogP contribution in [0.1, 0.15) is 35.6 Å². The number of aromatic nitrogens is 2. The van der Waals surface area contributed by atoms with E-state index >= 15 is 0 Å². The van der Waals surface area contributed by atoms with Gasteiger partial charge in [-0.3, -0.25) is 5.10 Å². The number of carbonyl (C=O) groups is 1. The zero-order valence-electron chi connectivity index (χ0n) is 11.7. The van der Waals surface area contributed by atoms with Crippen LogP contribution in [0.4, 0.5) is 16.2 Å². The van der Waals surface area contributed by atoms with Gasteiger partial charge in [-0.05, 0) is 49.9 Å². The largest absolute Gasteiger partial charge is 0.323 e. The Morgan fingerprint density at radius 1 is 1.25 bits per heavy atom. The fourth-order valence-electron chi connectivity index (χ4n) is 2.18. The molecule has 1 heterocycles. The van der Waals surface area contributed by atoms with Crippen LogP contribution in [0.25, 0.3) is 0 Å². The number of urea groups is 1. The summed E-state index contributed by atoms with van der Waals surface area (Å²) in [7, 11) is 0. The molecule has 1 fully saturated rings. The van der Waals surface area contributed by atoms with Gasteiger partial charge in [0.1, 0.15) is 0 Å². The van der Waals surface area contributed by atoms with Crippen LogP contribution in [0, 0.1) is 13.8 Å². The second-order valence-electron chi connectivity index (χ2n) is 5.35. The minimum atomic E-state index is -0.239. The highest BCUT2D eigenvalue weighted by Gasteiger charge is 2.28. The van der Waals surface area contributed by atoms with Crippen molar-refractivity contribution in [1.29, 1.82) is 0 Å². The monoisotopic (exact) mass is 270 g/mol. The lowest BCUT2D eigenvalue weighted by Gasteiger charge is -2.09. The predicted molar refractivity (Wildman–Crippen MR) is 79.1 cm³/mol. The highest BCUT2D eigenvalue weighted by Crippen LogP contribution is 2.42. The van der Waals surface area contributed by atoms with Crippen molar-refractivity contribution in [3.8, 4) is 0 Å². The molecule has 0 saturated heterocycles. The van der Waals surface area contributed by atoms with E-state index in [-0.39, 0.29) is 6.03 Å². The fourth-order valence-corrected chi connectivity index (χ4v) is 2.18. The predicted octanol–water partition coefficient (Wildman–Crippen LogP) is 3.55. The summed E-state index contributed by atoms with van der Waals surface area (Å²) in [5.74, 6) is 0.523. The number of nitrogens with one attached hydrogen (secondary N) is 3. The van der Waals surface area contributed by atoms with Gasteiger partial charge >= 0.3 is 6.03 Å². The number of rotatable bonds is 3. The van der Waals surface area contributed by atoms with E-state index in [1.807, 2.05) is 32.0 Å². The smallest absolute Gasteiger partial charge is 0.308 e. The van der Waals surface area contributed by atoms with Crippen LogP contribution >= 0.6 is 0 Å². The summed E-state index contributed by atoms with van der Waals surface area (Å²) in [6.07, 6.45) is 3.99. The van der Waals surface area contributed by atoms with Crippen molar-refractivity contribution in [1.82, 2.24) is 10.2 Å². The van der Waals surface area contributed by atoms with E-state index in [1.54, 1.807) is 6.20 Å². The zero-order chi connectivity index (χ0) is 14.1. The van der Waals surface area contributed by atoms with E-state index in [1.165, 1.54) is 5.56 Å². The minimum Gasteiger partial charge on any atom is -0.308 e. The summed E-state index contributed by atoms with van der Waals surface area (Å²) in [5.41, 5.74) is 4.96. The quantitative estimate of drug-likeness (QED) is 0.798. The van der Waals surface area contributed by atoms with E-state index in [9.17, 15) is 4.79 Å². The van der Waals surface area contributed by atoms with Gasteiger partial charge in [-0.25, -0.2) is 4.79 Å². The molecule has 3 rings (SSSR count). The molecule has 0 spiro atoms. The van der Waals surface area contributed by atoms with Gasteiger partial charge in [-0.1, -0.05) is 6.07 Å². The van der Waals surface area contributed by atoms with Gasteiger partial charge in [0, 0.05) is 11.6 Å². The molecule has 20 heavy (non-hydrogen) atoms. The molecule has 5 heteroatoms. The number of aromatic amines is 1. The summed E-state index contributed by atoms with van der Waals surface area (Å²) in [6, 6.07) is 5.63. The van der Waals surface area contributed by atoms with Crippen LogP contribution in [0.5, 0.6) is 0 Å². The number of benzene rings is 1. The first-order valence-electron chi connectivity index (χ1n) is 6.82. The number of aryl methyl sites for hydroxylation is 2. The standard InChI is InChI=1S/C15H18N4O/c1-9-3-6-12(7-10(9)2)17-15(20)18-13-8-16-19-14(13)11-4-5-11/h3,6-8,11H,4-5H2,1-2H3,(H,16,19)(H2,17,18,20). The lowest BCUT2D eigenvalue weighted by atomic mass is 10.1. The summed E-state index contributed by atoms with van der Waals surface area (Å²) in [6.45, 7) is 4.08. The Balaban J connectivity index is 1.67. The Bertz CT molecular complexity index is 643. The maximum Gasteiger partial charge on any atom is 0.323 e. The van der Waals surface area contributed by atoms with Crippen LogP contribution in [0.15, 0.2) is 24.4 Å². The average molecular weight is 270 g/mol. The Morgan fingerprint density at radius 2 is 2.05 bits per heavy atom. The van der Waals surface area contributed by atoms with E-state index in [4.69, 9.17) is 0 Å². The molecule has 0 bridgehead atoms. The van der Waals surface area contributed by atoms with E-state index in [2.05, 4.69) is 20.8 Å². The molecule has 0 atom stereocenters. The van der Waals surface area contributed by atoms with Crippen molar-refractivity contribution in [2.45, 2.75) is 32.6 Å². The van der Waals surface area contributed by atoms with E-state index in [0.29, 0.717) is 5.92 Å². The van der Waals surface area contributed by atoms with Crippen molar-refractivity contribution in [2.75, 3.05) is 10.6 Å². The van der Waals surface area contributed by atoms with Crippen LogP contribution in [-0.4, -0.2) is 16.2 Å². The van der Waals surface area contributed by atoms with Crippen molar-refractivity contribution in [3.63, 3.8) is 0 Å². The summed E-state index contributed by atoms with van der Waals surface area (Å²) >= 11 is 0. The van der Waals surface area contributed by atoms with Crippen LogP contribution < -0.4 is 10.6 Å². The molecule has 1 aromatic carbocycles. The molecule has 0 radical (unpaired) electrons. The van der Waals surface area contributed by atoms with Gasteiger partial charge < -0.3 is 10.6 Å². The van der Waals surface area contributed by atoms with Gasteiger partial charge in [0.25, 0.3) is 0 Å². The summed E-state index contributed by atoms with van der Waals surface area (Å²) < 4.78 is 0. The number of carbonyl (C=O) groups excluding carboxylic acids is 1. The van der Waals surface area contributed by atoms with Gasteiger partial charge in [-0.2, -0.15) is 5.10 Å². The molecule has 2 amide bonds. The van der Waals surface area contributed by atoms with Gasteiger partial charge in [0.05, 0.1) is 17.6 Å². The second kappa shape index (κ2) is 5.00. The minimum absolute atomic E-state index is 0.239. The Morgan fingerprint density at radius 3 is 2.75 bits per heavy atom. The fraction of sp³-hybridized carbons (Fsp3) is 0.333. The maximum absolute atomic E-state index is 12.0. The SMILES string of the molecule is Cc1ccc(NC(=O)Nc2cn[nH]c2C2CC2)cc1C. The number of amides is 2. The molecule has 104 valence electrons. The van der Waals surface area contributed by atoms with Gasteiger partial charge in [0.15, 0.2) is 0 Å². The van der Waals surface area contributed by atoms with Crippen molar-refractivity contribution >= 4 is 17.4 Å². The first-order valence-corrected chi connectivity index (χ1v) is 6.82. The van der Waals surface area contributed by atoms with Crippen molar-refractivity contribution in [2.24, 2.45) is 0 Å². The molecule has 1 saturated carbocycles. The van der Waals surface area contributed by atoms with Crippen molar-refractivity contribution in [3.05, 3.63) is 41.2 Å². The molecule has 1 aliphatic rings. The van der Waals surface area contributed by atoms with Gasteiger partial charge in [0.2, 0.25) is 0 Å². The molecule has 5 nitrogen and oxygen atoms in total. The van der Waals surface area contributed by atoms with E-state index in [0.717, 1.165) is 35.5 Å².